The van der Waals surface area contributed by atoms with E-state index in [1.807, 2.05) is 18.2 Å². The van der Waals surface area contributed by atoms with Crippen LogP contribution in [0.15, 0.2) is 42.5 Å². The molecule has 1 amide bonds. The van der Waals surface area contributed by atoms with E-state index in [9.17, 15) is 23.8 Å². The van der Waals surface area contributed by atoms with E-state index in [2.05, 4.69) is 4.90 Å². The Morgan fingerprint density at radius 2 is 1.71 bits per heavy atom. The maximum atomic E-state index is 14.2. The van der Waals surface area contributed by atoms with Gasteiger partial charge in [0, 0.05) is 48.0 Å². The van der Waals surface area contributed by atoms with E-state index in [0.29, 0.717) is 47.9 Å². The number of ether oxygens (including phenoxy) is 1. The number of rotatable bonds is 10. The Labute approximate surface area is 246 Å². The molecule has 2 aliphatic heterocycles. The van der Waals surface area contributed by atoms with Crippen LogP contribution >= 0.6 is 11.6 Å². The van der Waals surface area contributed by atoms with Crippen molar-refractivity contribution in [3.8, 4) is 5.75 Å². The summed E-state index contributed by atoms with van der Waals surface area (Å²) in [5, 5.41) is 21.8. The van der Waals surface area contributed by atoms with Crippen LogP contribution in [0, 0.1) is 11.8 Å². The number of aliphatic hydroxyl groups is 2. The number of piperidine rings is 2. The van der Waals surface area contributed by atoms with Crippen molar-refractivity contribution in [3.63, 3.8) is 0 Å². The number of carbonyl (C=O) groups excluding carboxylic acids is 1. The molecule has 4 rings (SSSR count). The quantitative estimate of drug-likeness (QED) is 0.365. The minimum absolute atomic E-state index is 0.151. The Morgan fingerprint density at radius 1 is 1.07 bits per heavy atom. The van der Waals surface area contributed by atoms with E-state index in [-0.39, 0.29) is 5.56 Å². The molecule has 2 atom stereocenters. The molecular weight excluding hydrogens is 552 g/mol. The van der Waals surface area contributed by atoms with Crippen LogP contribution in [0.3, 0.4) is 0 Å². The monoisotopic (exact) mass is 593 g/mol. The Morgan fingerprint density at radius 3 is 2.27 bits per heavy atom. The molecule has 2 aromatic carbocycles. The lowest BCUT2D eigenvalue weighted by atomic mass is 9.82. The predicted octanol–water partition coefficient (Wildman–Crippen LogP) is 5.29. The lowest BCUT2D eigenvalue weighted by Gasteiger charge is -2.39. The molecule has 2 N–H and O–H groups in total. The number of hydrogen-bond acceptors (Lipinski definition) is 6. The van der Waals surface area contributed by atoms with Crippen molar-refractivity contribution >= 4 is 23.2 Å². The average Bonchev–Trinajstić information content (AvgIpc) is 2.97. The highest BCUT2D eigenvalue weighted by Gasteiger charge is 2.50. The lowest BCUT2D eigenvalue weighted by Crippen LogP contribution is -2.53. The second kappa shape index (κ2) is 13.7. The number of nitrogens with zero attached hydrogens (tertiary/aromatic N) is 3. The molecule has 0 aliphatic carbocycles. The minimum Gasteiger partial charge on any atom is -0.494 e. The summed E-state index contributed by atoms with van der Waals surface area (Å²) in [5.41, 5.74) is -1.32. The third kappa shape index (κ3) is 7.13. The average molecular weight is 594 g/mol. The van der Waals surface area contributed by atoms with Crippen LogP contribution < -0.4 is 9.64 Å². The zero-order valence-corrected chi connectivity index (χ0v) is 24.9. The van der Waals surface area contributed by atoms with Gasteiger partial charge in [-0.25, -0.2) is 8.78 Å². The highest BCUT2D eigenvalue weighted by Crippen LogP contribution is 2.37. The van der Waals surface area contributed by atoms with Crippen LogP contribution in [0.25, 0.3) is 0 Å². The molecule has 0 bridgehead atoms. The van der Waals surface area contributed by atoms with E-state index in [0.717, 1.165) is 50.9 Å². The van der Waals surface area contributed by atoms with Crippen LogP contribution in [0.2, 0.25) is 5.02 Å². The number of aliphatic hydroxyl groups excluding tert-OH is 1. The summed E-state index contributed by atoms with van der Waals surface area (Å²) in [7, 11) is 3.60. The van der Waals surface area contributed by atoms with E-state index < -0.39 is 24.2 Å². The molecule has 2 saturated heterocycles. The molecule has 2 aliphatic rings. The number of halogens is 3. The van der Waals surface area contributed by atoms with Crippen molar-refractivity contribution in [2.45, 2.75) is 57.3 Å². The second-order valence-electron chi connectivity index (χ2n) is 11.5. The third-order valence-electron chi connectivity index (χ3n) is 8.53. The van der Waals surface area contributed by atoms with Gasteiger partial charge in [-0.1, -0.05) is 29.8 Å². The van der Waals surface area contributed by atoms with Gasteiger partial charge in [-0.15, -0.1) is 0 Å². The number of carbonyl (C=O) groups is 1. The van der Waals surface area contributed by atoms with Crippen LogP contribution in [0.1, 0.15) is 56.4 Å². The van der Waals surface area contributed by atoms with Gasteiger partial charge in [0.2, 0.25) is 5.60 Å². The lowest BCUT2D eigenvalue weighted by molar-refractivity contribution is -0.173. The van der Waals surface area contributed by atoms with E-state index in [1.165, 1.54) is 23.1 Å². The van der Waals surface area contributed by atoms with Gasteiger partial charge in [0.25, 0.3) is 12.3 Å². The fraction of sp³-hybridized carbons (Fsp3) is 0.581. The van der Waals surface area contributed by atoms with Crippen molar-refractivity contribution < 1.29 is 28.5 Å². The Hall–Kier alpha value is -2.46. The molecule has 41 heavy (non-hydrogen) atoms. The molecule has 2 heterocycles. The maximum absolute atomic E-state index is 14.2. The number of alkyl halides is 2. The zero-order chi connectivity index (χ0) is 29.7. The number of likely N-dealkylation sites (tertiary alicyclic amines) is 1. The molecule has 226 valence electrons. The second-order valence-corrected chi connectivity index (χ2v) is 11.9. The number of anilines is 1. The standard InChI is InChI=1S/C31H42ClF2N3O4/c1-4-41-25-7-5-6-23(19-25)31(40,29(33)34)30(39)37-16-12-22(13-17-37)18-21-10-14-36(15-11-21)24-8-9-26(27(32)20-24)28(38)35(2)3/h5-9,19-22,28-29,38,40H,4,10-18H2,1-3H3. The first-order valence-electron chi connectivity index (χ1n) is 14.5. The van der Waals surface area contributed by atoms with E-state index in [1.54, 1.807) is 32.0 Å². The van der Waals surface area contributed by atoms with Gasteiger partial charge >= 0.3 is 0 Å². The fourth-order valence-electron chi connectivity index (χ4n) is 6.04. The van der Waals surface area contributed by atoms with Crippen LogP contribution in [-0.4, -0.2) is 79.2 Å². The Bertz CT molecular complexity index is 1170. The molecule has 0 aromatic heterocycles. The van der Waals surface area contributed by atoms with Crippen molar-refractivity contribution in [2.24, 2.45) is 11.8 Å². The Balaban J connectivity index is 1.29. The molecule has 2 aromatic rings. The molecule has 0 saturated carbocycles. The molecule has 10 heteroatoms. The zero-order valence-electron chi connectivity index (χ0n) is 24.1. The van der Waals surface area contributed by atoms with Crippen molar-refractivity contribution in [1.29, 1.82) is 0 Å². The summed E-state index contributed by atoms with van der Waals surface area (Å²) in [6.07, 6.45) is 0.574. The van der Waals surface area contributed by atoms with E-state index >= 15 is 0 Å². The fourth-order valence-corrected chi connectivity index (χ4v) is 6.32. The van der Waals surface area contributed by atoms with Crippen molar-refractivity contribution in [3.05, 3.63) is 58.6 Å². The minimum atomic E-state index is -3.26. The van der Waals surface area contributed by atoms with Gasteiger partial charge in [0.1, 0.15) is 12.0 Å². The molecule has 2 fully saturated rings. The highest BCUT2D eigenvalue weighted by atomic mass is 35.5. The molecule has 0 spiro atoms. The Kier molecular flexibility index (Phi) is 10.5. The first-order valence-corrected chi connectivity index (χ1v) is 14.8. The maximum Gasteiger partial charge on any atom is 0.280 e. The first kappa shape index (κ1) is 31.5. The normalized spacial score (nSPS) is 19.5. The SMILES string of the molecule is CCOc1cccc(C(O)(C(=O)N2CCC(CC3CCN(c4ccc(C(O)N(C)C)c(Cl)c4)CC3)CC2)C(F)F)c1. The largest absolute Gasteiger partial charge is 0.494 e. The van der Waals surface area contributed by atoms with Crippen LogP contribution in [-0.2, 0) is 10.4 Å². The topological polar surface area (TPSA) is 76.5 Å². The number of hydrogen-bond donors (Lipinski definition) is 2. The summed E-state index contributed by atoms with van der Waals surface area (Å²) in [5.74, 6) is 0.362. The van der Waals surface area contributed by atoms with Gasteiger partial charge in [0.05, 0.1) is 6.61 Å². The molecule has 7 nitrogen and oxygen atoms in total. The van der Waals surface area contributed by atoms with Gasteiger partial charge in [-0.2, -0.15) is 0 Å². The van der Waals surface area contributed by atoms with Crippen LogP contribution in [0.5, 0.6) is 5.75 Å². The first-order chi connectivity index (χ1) is 19.5. The molecule has 0 radical (unpaired) electrons. The van der Waals surface area contributed by atoms with Gasteiger partial charge < -0.3 is 24.7 Å². The smallest absolute Gasteiger partial charge is 0.280 e. The van der Waals surface area contributed by atoms with Crippen molar-refractivity contribution in [2.75, 3.05) is 51.8 Å². The van der Waals surface area contributed by atoms with Gasteiger partial charge in [-0.05, 0) is 89.2 Å². The summed E-state index contributed by atoms with van der Waals surface area (Å²) >= 11 is 6.47. The molecule has 2 unspecified atom stereocenters. The van der Waals surface area contributed by atoms with Crippen LogP contribution in [0.4, 0.5) is 14.5 Å². The highest BCUT2D eigenvalue weighted by molar-refractivity contribution is 6.31. The summed E-state index contributed by atoms with van der Waals surface area (Å²) in [6.45, 7) is 4.66. The summed E-state index contributed by atoms with van der Waals surface area (Å²) in [6, 6.07) is 11.6. The van der Waals surface area contributed by atoms with E-state index in [4.69, 9.17) is 16.3 Å². The van der Waals surface area contributed by atoms with Crippen molar-refractivity contribution in [1.82, 2.24) is 9.80 Å². The van der Waals surface area contributed by atoms with Gasteiger partial charge in [0.15, 0.2) is 0 Å². The molecular formula is C31H42ClF2N3O4. The van der Waals surface area contributed by atoms with Gasteiger partial charge in [-0.3, -0.25) is 9.69 Å². The summed E-state index contributed by atoms with van der Waals surface area (Å²) < 4.78 is 33.7. The third-order valence-corrected chi connectivity index (χ3v) is 8.85. The number of amides is 1. The predicted molar refractivity (Wildman–Crippen MR) is 156 cm³/mol. The summed E-state index contributed by atoms with van der Waals surface area (Å²) in [4.78, 5) is 18.6. The number of benzene rings is 2.